The Balaban J connectivity index is 2.95. The first-order chi connectivity index (χ1) is 9.67. The van der Waals surface area contributed by atoms with Crippen LogP contribution in [0.2, 0.25) is 18.1 Å². The average Bonchev–Trinajstić information content (AvgIpc) is 2.38. The van der Waals surface area contributed by atoms with Gasteiger partial charge >= 0.3 is 0 Å². The molecule has 3 heteroatoms. The molecule has 0 N–H and O–H groups in total. The molecule has 0 fully saturated rings. The van der Waals surface area contributed by atoms with Gasteiger partial charge in [0.2, 0.25) is 0 Å². The van der Waals surface area contributed by atoms with Crippen LogP contribution in [0.5, 0.6) is 0 Å². The fraction of sp³-hybridized carbons (Fsp3) is 0.556. The molecular weight excluding hydrogens is 387 g/mol. The van der Waals surface area contributed by atoms with Crippen molar-refractivity contribution in [2.45, 2.75) is 58.4 Å². The monoisotopic (exact) mass is 414 g/mol. The van der Waals surface area contributed by atoms with Crippen molar-refractivity contribution in [1.29, 1.82) is 0 Å². The summed E-state index contributed by atoms with van der Waals surface area (Å²) in [5.41, 5.74) is 1.32. The third-order valence-electron chi connectivity index (χ3n) is 4.37. The van der Waals surface area contributed by atoms with Crippen LogP contribution < -0.4 is 0 Å². The van der Waals surface area contributed by atoms with E-state index in [0.717, 1.165) is 6.42 Å². The van der Waals surface area contributed by atoms with Crippen molar-refractivity contribution in [3.63, 3.8) is 0 Å². The van der Waals surface area contributed by atoms with Crippen LogP contribution in [-0.2, 0) is 10.8 Å². The summed E-state index contributed by atoms with van der Waals surface area (Å²) < 4.78 is 9.67. The van der Waals surface area contributed by atoms with Crippen LogP contribution in [-0.4, -0.2) is 14.4 Å². The lowest BCUT2D eigenvalue weighted by Crippen LogP contribution is -2.46. The van der Waals surface area contributed by atoms with Crippen molar-refractivity contribution in [3.8, 4) is 9.85 Å². The normalized spacial score (nSPS) is 15.0. The van der Waals surface area contributed by atoms with Gasteiger partial charge in [0.15, 0.2) is 8.32 Å². The summed E-state index contributed by atoms with van der Waals surface area (Å²) in [4.78, 5) is 0. The van der Waals surface area contributed by atoms with E-state index in [1.807, 2.05) is 0 Å². The lowest BCUT2D eigenvalue weighted by Gasteiger charge is -2.40. The molecule has 0 heterocycles. The quantitative estimate of drug-likeness (QED) is 0.344. The van der Waals surface area contributed by atoms with E-state index in [9.17, 15) is 0 Å². The second-order valence-corrected chi connectivity index (χ2v) is 12.4. The van der Waals surface area contributed by atoms with Gasteiger partial charge in [-0.15, -0.1) is 0 Å². The third kappa shape index (κ3) is 5.76. The van der Waals surface area contributed by atoms with E-state index in [1.54, 1.807) is 0 Å². The van der Waals surface area contributed by atoms with Crippen LogP contribution in [0.25, 0.3) is 0 Å². The van der Waals surface area contributed by atoms with Crippen LogP contribution in [0, 0.1) is 15.8 Å². The van der Waals surface area contributed by atoms with E-state index in [2.05, 4.69) is 104 Å². The molecule has 0 unspecified atom stereocenters. The molecule has 0 bridgehead atoms. The first kappa shape index (κ1) is 18.7. The van der Waals surface area contributed by atoms with Gasteiger partial charge in [0.05, 0.1) is 6.10 Å². The van der Waals surface area contributed by atoms with E-state index in [0.29, 0.717) is 0 Å². The van der Waals surface area contributed by atoms with Crippen LogP contribution >= 0.6 is 22.6 Å². The Morgan fingerprint density at radius 3 is 2.24 bits per heavy atom. The maximum Gasteiger partial charge on any atom is 0.192 e. The molecule has 1 rings (SSSR count). The average molecular weight is 414 g/mol. The number of hydrogen-bond acceptors (Lipinski definition) is 1. The summed E-state index contributed by atoms with van der Waals surface area (Å²) in [6.07, 6.45) is 1.09. The second kappa shape index (κ2) is 7.80. The molecule has 21 heavy (non-hydrogen) atoms. The molecule has 116 valence electrons. The fourth-order valence-corrected chi connectivity index (χ4v) is 3.79. The molecule has 0 aromatic heterocycles. The predicted molar refractivity (Wildman–Crippen MR) is 103 cm³/mol. The molecule has 0 amide bonds. The Labute approximate surface area is 145 Å². The second-order valence-electron chi connectivity index (χ2n) is 7.13. The number of rotatable bonds is 5. The van der Waals surface area contributed by atoms with Crippen molar-refractivity contribution < 1.29 is 4.43 Å². The molecule has 1 aromatic rings. The van der Waals surface area contributed by atoms with Crippen molar-refractivity contribution in [1.82, 2.24) is 0 Å². The molecular formula is C18H27IOSi. The summed E-state index contributed by atoms with van der Waals surface area (Å²) in [5.74, 6) is 3.52. The Kier molecular flexibility index (Phi) is 6.96. The minimum atomic E-state index is -1.78. The topological polar surface area (TPSA) is 9.23 Å². The molecule has 0 aliphatic rings. The first-order valence-corrected chi connectivity index (χ1v) is 11.5. The summed E-state index contributed by atoms with van der Waals surface area (Å²) in [6.45, 7) is 13.7. The largest absolute Gasteiger partial charge is 0.412 e. The van der Waals surface area contributed by atoms with Gasteiger partial charge in [0.25, 0.3) is 0 Å². The number of hydrogen-bond donors (Lipinski definition) is 0. The van der Waals surface area contributed by atoms with Crippen molar-refractivity contribution >= 4 is 30.9 Å². The lowest BCUT2D eigenvalue weighted by molar-refractivity contribution is 0.149. The number of halogens is 1. The van der Waals surface area contributed by atoms with Gasteiger partial charge in [-0.25, -0.2) is 0 Å². The number of benzene rings is 1. The molecule has 0 spiro atoms. The lowest BCUT2D eigenvalue weighted by atomic mass is 9.98. The van der Waals surface area contributed by atoms with E-state index in [-0.39, 0.29) is 17.1 Å². The first-order valence-electron chi connectivity index (χ1n) is 7.50. The summed E-state index contributed by atoms with van der Waals surface area (Å²) in [7, 11) is -1.78. The molecule has 0 radical (unpaired) electrons. The van der Waals surface area contributed by atoms with Crippen LogP contribution in [0.4, 0.5) is 0 Å². The van der Waals surface area contributed by atoms with Gasteiger partial charge in [-0.3, -0.25) is 0 Å². The maximum atomic E-state index is 6.65. The van der Waals surface area contributed by atoms with Gasteiger partial charge < -0.3 is 4.43 Å². The molecule has 0 aliphatic carbocycles. The zero-order valence-corrected chi connectivity index (χ0v) is 17.2. The Hall–Kier alpha value is -0.313. The van der Waals surface area contributed by atoms with Crippen LogP contribution in [0.1, 0.15) is 33.3 Å². The zero-order chi connectivity index (χ0) is 16.1. The summed E-state index contributed by atoms with van der Waals surface area (Å²) in [6, 6.07) is 10.6. The predicted octanol–water partition coefficient (Wildman–Crippen LogP) is 5.65. The highest BCUT2D eigenvalue weighted by atomic mass is 127. The molecule has 0 saturated heterocycles. The highest BCUT2D eigenvalue weighted by Gasteiger charge is 2.40. The molecule has 0 aliphatic heterocycles. The summed E-state index contributed by atoms with van der Waals surface area (Å²) in [5, 5.41) is 0.222. The Morgan fingerprint density at radius 1 is 1.19 bits per heavy atom. The van der Waals surface area contributed by atoms with E-state index < -0.39 is 8.32 Å². The Morgan fingerprint density at radius 2 is 1.76 bits per heavy atom. The molecule has 0 saturated carbocycles. The third-order valence-corrected chi connectivity index (χ3v) is 9.19. The smallest absolute Gasteiger partial charge is 0.192 e. The molecule has 2 atom stereocenters. The van der Waals surface area contributed by atoms with Gasteiger partial charge in [-0.1, -0.05) is 57.0 Å². The van der Waals surface area contributed by atoms with Crippen molar-refractivity contribution in [3.05, 3.63) is 35.9 Å². The minimum Gasteiger partial charge on any atom is -0.412 e. The van der Waals surface area contributed by atoms with Gasteiger partial charge in [-0.05, 0) is 41.0 Å². The van der Waals surface area contributed by atoms with E-state index in [4.69, 9.17) is 4.43 Å². The van der Waals surface area contributed by atoms with Crippen LogP contribution in [0.3, 0.4) is 0 Å². The van der Waals surface area contributed by atoms with Crippen LogP contribution in [0.15, 0.2) is 30.3 Å². The minimum absolute atomic E-state index is 0.163. The molecule has 1 aromatic carbocycles. The highest BCUT2D eigenvalue weighted by molar-refractivity contribution is 14.1. The van der Waals surface area contributed by atoms with Crippen molar-refractivity contribution in [2.75, 3.05) is 0 Å². The summed E-state index contributed by atoms with van der Waals surface area (Å²) >= 11 is 2.12. The highest BCUT2D eigenvalue weighted by Crippen LogP contribution is 2.38. The maximum absolute atomic E-state index is 6.65. The Bertz CT molecular complexity index is 493. The SMILES string of the molecule is C[C@H](C#CI)[C@H](Cc1ccccc1)O[Si](C)(C)C(C)(C)C. The van der Waals surface area contributed by atoms with Gasteiger partial charge in [0.1, 0.15) is 0 Å². The molecule has 1 nitrogen and oxygen atoms in total. The fourth-order valence-electron chi connectivity index (χ4n) is 1.90. The van der Waals surface area contributed by atoms with E-state index >= 15 is 0 Å². The zero-order valence-electron chi connectivity index (χ0n) is 14.0. The van der Waals surface area contributed by atoms with Crippen molar-refractivity contribution in [2.24, 2.45) is 5.92 Å². The van der Waals surface area contributed by atoms with Gasteiger partial charge in [0, 0.05) is 28.5 Å². The standard InChI is InChI=1S/C18H27IOSi/c1-15(12-13-19)17(14-16-10-8-7-9-11-16)20-21(5,6)18(2,3)4/h7-11,15,17H,14H2,1-6H3/t15-,17+/m1/s1. The van der Waals surface area contributed by atoms with Gasteiger partial charge in [-0.2, -0.15) is 0 Å². The van der Waals surface area contributed by atoms with E-state index in [1.165, 1.54) is 5.56 Å².